The van der Waals surface area contributed by atoms with E-state index in [2.05, 4.69) is 18.7 Å². The predicted molar refractivity (Wildman–Crippen MR) is 133 cm³/mol. The molecule has 1 heterocycles. The Hall–Kier alpha value is -2.86. The summed E-state index contributed by atoms with van der Waals surface area (Å²) in [6, 6.07) is 17.0. The highest BCUT2D eigenvalue weighted by molar-refractivity contribution is 6.08. The summed E-state index contributed by atoms with van der Waals surface area (Å²) in [5, 5.41) is 0. The van der Waals surface area contributed by atoms with Crippen LogP contribution in [0.5, 0.6) is 5.75 Å². The maximum Gasteiger partial charge on any atom is 0.258 e. The lowest BCUT2D eigenvalue weighted by molar-refractivity contribution is -0.131. The Bertz CT molecular complexity index is 871. The summed E-state index contributed by atoms with van der Waals surface area (Å²) in [6.07, 6.45) is 4.78. The fraction of sp³-hybridized carbons (Fsp3) is 0.481. The number of hydrogen-bond donors (Lipinski definition) is 0. The molecule has 1 saturated heterocycles. The lowest BCUT2D eigenvalue weighted by atomic mass is 10.0. The van der Waals surface area contributed by atoms with Crippen molar-refractivity contribution in [2.45, 2.75) is 45.6 Å². The van der Waals surface area contributed by atoms with E-state index in [1.165, 1.54) is 25.7 Å². The second-order valence-corrected chi connectivity index (χ2v) is 8.60. The zero-order chi connectivity index (χ0) is 23.6. The van der Waals surface area contributed by atoms with Crippen LogP contribution < -0.4 is 9.64 Å². The fourth-order valence-electron chi connectivity index (χ4n) is 4.53. The van der Waals surface area contributed by atoms with Crippen LogP contribution in [-0.4, -0.2) is 67.5 Å². The van der Waals surface area contributed by atoms with Gasteiger partial charge in [0.1, 0.15) is 12.3 Å². The van der Waals surface area contributed by atoms with Crippen LogP contribution in [0.3, 0.4) is 0 Å². The Morgan fingerprint density at radius 1 is 0.909 bits per heavy atom. The van der Waals surface area contributed by atoms with E-state index in [1.54, 1.807) is 36.3 Å². The van der Waals surface area contributed by atoms with Gasteiger partial charge < -0.3 is 9.64 Å². The van der Waals surface area contributed by atoms with Gasteiger partial charge in [0, 0.05) is 43.5 Å². The summed E-state index contributed by atoms with van der Waals surface area (Å²) >= 11 is 0. The normalized spacial score (nSPS) is 14.4. The van der Waals surface area contributed by atoms with Gasteiger partial charge in [0.15, 0.2) is 0 Å². The van der Waals surface area contributed by atoms with E-state index in [-0.39, 0.29) is 18.4 Å². The first-order valence-electron chi connectivity index (χ1n) is 12.1. The van der Waals surface area contributed by atoms with Gasteiger partial charge >= 0.3 is 0 Å². The van der Waals surface area contributed by atoms with Crippen LogP contribution in [-0.2, 0) is 4.79 Å². The van der Waals surface area contributed by atoms with Crippen LogP contribution in [0.1, 0.15) is 49.9 Å². The highest BCUT2D eigenvalue weighted by atomic mass is 16.5. The van der Waals surface area contributed by atoms with Crippen molar-refractivity contribution in [2.75, 3.05) is 44.7 Å². The summed E-state index contributed by atoms with van der Waals surface area (Å²) in [7, 11) is 1.60. The van der Waals surface area contributed by atoms with Crippen LogP contribution in [0.4, 0.5) is 5.69 Å². The molecule has 2 amide bonds. The van der Waals surface area contributed by atoms with Gasteiger partial charge in [-0.2, -0.15) is 0 Å². The number of hydrogen-bond acceptors (Lipinski definition) is 4. The van der Waals surface area contributed by atoms with E-state index in [9.17, 15) is 9.59 Å². The van der Waals surface area contributed by atoms with Crippen LogP contribution in [0, 0.1) is 0 Å². The van der Waals surface area contributed by atoms with Gasteiger partial charge in [0.2, 0.25) is 5.91 Å². The summed E-state index contributed by atoms with van der Waals surface area (Å²) in [5.74, 6) is 0.487. The summed E-state index contributed by atoms with van der Waals surface area (Å²) in [4.78, 5) is 32.6. The van der Waals surface area contributed by atoms with Crippen LogP contribution in [0.15, 0.2) is 54.6 Å². The smallest absolute Gasteiger partial charge is 0.258 e. The molecule has 33 heavy (non-hydrogen) atoms. The van der Waals surface area contributed by atoms with Crippen molar-refractivity contribution >= 4 is 17.5 Å². The molecule has 0 N–H and O–H groups in total. The van der Waals surface area contributed by atoms with Gasteiger partial charge in [0.05, 0.1) is 7.11 Å². The number of rotatable bonds is 10. The number of carbonyl (C=O) groups is 2. The van der Waals surface area contributed by atoms with Crippen molar-refractivity contribution in [2.24, 2.45) is 0 Å². The molecule has 3 rings (SSSR count). The molecule has 6 nitrogen and oxygen atoms in total. The van der Waals surface area contributed by atoms with Crippen molar-refractivity contribution < 1.29 is 14.3 Å². The molecule has 0 unspecified atom stereocenters. The maximum absolute atomic E-state index is 13.4. The zero-order valence-electron chi connectivity index (χ0n) is 20.2. The number of amides is 2. The van der Waals surface area contributed by atoms with Crippen molar-refractivity contribution in [1.29, 1.82) is 0 Å². The lowest BCUT2D eigenvalue weighted by Crippen LogP contribution is -2.54. The Labute approximate surface area is 198 Å². The topological polar surface area (TPSA) is 53.1 Å². The number of ether oxygens (including phenoxy) is 1. The minimum atomic E-state index is -0.193. The van der Waals surface area contributed by atoms with Crippen molar-refractivity contribution in [3.05, 3.63) is 60.2 Å². The molecular formula is C27H37N3O3. The summed E-state index contributed by atoms with van der Waals surface area (Å²) < 4.78 is 5.20. The minimum absolute atomic E-state index is 0.0112. The Balaban J connectivity index is 1.69. The molecule has 6 heteroatoms. The number of piperazine rings is 1. The molecule has 0 aliphatic carbocycles. The quantitative estimate of drug-likeness (QED) is 0.535. The highest BCUT2D eigenvalue weighted by Gasteiger charge is 2.28. The average Bonchev–Trinajstić information content (AvgIpc) is 2.87. The molecule has 0 atom stereocenters. The van der Waals surface area contributed by atoms with Gasteiger partial charge in [0.25, 0.3) is 5.91 Å². The number of anilines is 1. The number of para-hydroxylation sites is 1. The van der Waals surface area contributed by atoms with E-state index in [4.69, 9.17) is 4.74 Å². The number of benzene rings is 2. The van der Waals surface area contributed by atoms with E-state index in [0.29, 0.717) is 30.4 Å². The molecule has 0 aromatic heterocycles. The third kappa shape index (κ3) is 6.57. The first kappa shape index (κ1) is 24.8. The molecule has 1 aliphatic heterocycles. The van der Waals surface area contributed by atoms with E-state index in [0.717, 1.165) is 18.8 Å². The van der Waals surface area contributed by atoms with E-state index in [1.807, 2.05) is 35.2 Å². The number of carbonyl (C=O) groups excluding carboxylic acids is 2. The van der Waals surface area contributed by atoms with Crippen LogP contribution in [0.2, 0.25) is 0 Å². The predicted octanol–water partition coefficient (Wildman–Crippen LogP) is 4.46. The van der Waals surface area contributed by atoms with Crippen molar-refractivity contribution in [1.82, 2.24) is 9.80 Å². The summed E-state index contributed by atoms with van der Waals surface area (Å²) in [6.45, 7) is 7.72. The fourth-order valence-corrected chi connectivity index (χ4v) is 4.53. The Kier molecular flexibility index (Phi) is 9.31. The second kappa shape index (κ2) is 12.4. The van der Waals surface area contributed by atoms with Gasteiger partial charge in [-0.05, 0) is 49.2 Å². The molecule has 1 aliphatic rings. The third-order valence-electron chi connectivity index (χ3n) is 6.37. The maximum atomic E-state index is 13.4. The third-order valence-corrected chi connectivity index (χ3v) is 6.37. The van der Waals surface area contributed by atoms with Gasteiger partial charge in [-0.1, -0.05) is 44.9 Å². The Morgan fingerprint density at radius 2 is 1.52 bits per heavy atom. The molecule has 0 radical (unpaired) electrons. The average molecular weight is 452 g/mol. The second-order valence-electron chi connectivity index (χ2n) is 8.60. The van der Waals surface area contributed by atoms with Crippen molar-refractivity contribution in [3.8, 4) is 5.75 Å². The van der Waals surface area contributed by atoms with E-state index < -0.39 is 0 Å². The van der Waals surface area contributed by atoms with E-state index >= 15 is 0 Å². The Morgan fingerprint density at radius 3 is 2.06 bits per heavy atom. The molecule has 0 bridgehead atoms. The zero-order valence-corrected chi connectivity index (χ0v) is 20.2. The first-order valence-corrected chi connectivity index (χ1v) is 12.1. The minimum Gasteiger partial charge on any atom is -0.497 e. The molecule has 2 aromatic rings. The van der Waals surface area contributed by atoms with Gasteiger partial charge in [-0.3, -0.25) is 19.4 Å². The van der Waals surface area contributed by atoms with Gasteiger partial charge in [-0.15, -0.1) is 0 Å². The largest absolute Gasteiger partial charge is 0.497 e. The lowest BCUT2D eigenvalue weighted by Gasteiger charge is -2.40. The molecule has 1 fully saturated rings. The molecule has 0 saturated carbocycles. The number of methoxy groups -OCH3 is 1. The molecule has 2 aromatic carbocycles. The SMILES string of the molecule is CCCC(CCC)N1CCN(C(=O)CN(C(=O)c2ccc(OC)cc2)c2ccccc2)CC1. The number of nitrogens with zero attached hydrogens (tertiary/aromatic N) is 3. The van der Waals surface area contributed by atoms with Crippen LogP contribution >= 0.6 is 0 Å². The summed E-state index contributed by atoms with van der Waals surface area (Å²) in [5.41, 5.74) is 1.25. The molecular weight excluding hydrogens is 414 g/mol. The first-order chi connectivity index (χ1) is 16.1. The monoisotopic (exact) mass is 451 g/mol. The standard InChI is InChI=1S/C27H37N3O3/c1-4-9-23(10-5-2)28-17-19-29(20-18-28)26(31)21-30(24-11-7-6-8-12-24)27(32)22-13-15-25(33-3)16-14-22/h6-8,11-16,23H,4-5,9-10,17-21H2,1-3H3. The molecule has 178 valence electrons. The van der Waals surface area contributed by atoms with Crippen LogP contribution in [0.25, 0.3) is 0 Å². The highest BCUT2D eigenvalue weighted by Crippen LogP contribution is 2.20. The van der Waals surface area contributed by atoms with Gasteiger partial charge in [-0.25, -0.2) is 0 Å². The van der Waals surface area contributed by atoms with Crippen molar-refractivity contribution in [3.63, 3.8) is 0 Å². The molecule has 0 spiro atoms.